The summed E-state index contributed by atoms with van der Waals surface area (Å²) in [4.78, 5) is 27.4. The number of ketones is 1. The van der Waals surface area contributed by atoms with Crippen LogP contribution in [0.4, 0.5) is 11.4 Å². The van der Waals surface area contributed by atoms with E-state index in [0.717, 1.165) is 12.8 Å². The van der Waals surface area contributed by atoms with Crippen LogP contribution in [-0.2, 0) is 7.05 Å². The molecule has 1 heterocycles. The Kier molecular flexibility index (Phi) is 4.33. The van der Waals surface area contributed by atoms with Gasteiger partial charge in [0.05, 0.1) is 4.92 Å². The van der Waals surface area contributed by atoms with Crippen LogP contribution in [-0.4, -0.2) is 26.3 Å². The van der Waals surface area contributed by atoms with Gasteiger partial charge in [-0.2, -0.15) is 0 Å². The lowest BCUT2D eigenvalue weighted by Crippen LogP contribution is -2.31. The maximum atomic E-state index is 12.5. The van der Waals surface area contributed by atoms with Crippen molar-refractivity contribution in [2.24, 2.45) is 13.0 Å². The molecule has 1 saturated carbocycles. The van der Waals surface area contributed by atoms with Crippen LogP contribution in [0, 0.1) is 16.0 Å². The van der Waals surface area contributed by atoms with Gasteiger partial charge in [-0.25, -0.2) is 4.98 Å². The van der Waals surface area contributed by atoms with Crippen LogP contribution in [0.15, 0.2) is 30.6 Å². The van der Waals surface area contributed by atoms with Crippen molar-refractivity contribution in [3.8, 4) is 0 Å². The van der Waals surface area contributed by atoms with E-state index < -0.39 is 4.92 Å². The summed E-state index contributed by atoms with van der Waals surface area (Å²) in [5.74, 6) is 0.482. The number of aryl methyl sites for hydroxylation is 1. The lowest BCUT2D eigenvalue weighted by Gasteiger charge is -2.32. The van der Waals surface area contributed by atoms with Gasteiger partial charge >= 0.3 is 0 Å². The second kappa shape index (κ2) is 6.43. The van der Waals surface area contributed by atoms with Crippen molar-refractivity contribution in [1.29, 1.82) is 0 Å². The van der Waals surface area contributed by atoms with Crippen molar-refractivity contribution in [2.75, 3.05) is 5.32 Å². The fourth-order valence-electron chi connectivity index (χ4n) is 2.96. The Morgan fingerprint density at radius 2 is 2.21 bits per heavy atom. The number of hydrogen-bond donors (Lipinski definition) is 1. The number of carbonyl (C=O) groups excluding carboxylic acids is 1. The van der Waals surface area contributed by atoms with Gasteiger partial charge in [-0.3, -0.25) is 14.9 Å². The van der Waals surface area contributed by atoms with Crippen LogP contribution in [0.25, 0.3) is 0 Å². The summed E-state index contributed by atoms with van der Waals surface area (Å²) >= 11 is 0. The summed E-state index contributed by atoms with van der Waals surface area (Å²) in [5, 5.41) is 14.7. The molecular formula is C17H20N4O3. The number of nitrogens with one attached hydrogen (secondary N) is 1. The Hall–Kier alpha value is -2.70. The first-order valence-electron chi connectivity index (χ1n) is 8.04. The summed E-state index contributed by atoms with van der Waals surface area (Å²) in [6.07, 6.45) is 6.71. The molecule has 0 spiro atoms. The van der Waals surface area contributed by atoms with Crippen molar-refractivity contribution < 1.29 is 9.72 Å². The third-order valence-electron chi connectivity index (χ3n) is 4.72. The third kappa shape index (κ3) is 3.02. The zero-order valence-electron chi connectivity index (χ0n) is 13.7. The molecule has 0 aliphatic heterocycles. The van der Waals surface area contributed by atoms with E-state index in [0.29, 0.717) is 11.6 Å². The van der Waals surface area contributed by atoms with Crippen molar-refractivity contribution in [3.05, 3.63) is 52.1 Å². The van der Waals surface area contributed by atoms with Gasteiger partial charge in [0.25, 0.3) is 5.69 Å². The number of nitro groups is 1. The van der Waals surface area contributed by atoms with Crippen LogP contribution in [0.3, 0.4) is 0 Å². The zero-order valence-corrected chi connectivity index (χ0v) is 13.7. The molecule has 1 aliphatic carbocycles. The molecule has 3 rings (SSSR count). The number of hydrogen-bond acceptors (Lipinski definition) is 5. The van der Waals surface area contributed by atoms with Crippen molar-refractivity contribution >= 4 is 17.2 Å². The minimum Gasteiger partial charge on any atom is -0.377 e. The Balaban J connectivity index is 1.88. The summed E-state index contributed by atoms with van der Waals surface area (Å²) in [6, 6.07) is 4.73. The number of benzene rings is 1. The quantitative estimate of drug-likeness (QED) is 0.500. The largest absolute Gasteiger partial charge is 0.377 e. The molecule has 0 bridgehead atoms. The normalized spacial score (nSPS) is 15.6. The molecule has 1 N–H and O–H groups in total. The SMILES string of the molecule is CC(Nc1ccc(C(=O)c2nccn2C)cc1[N+](=O)[O-])C1CCC1. The summed E-state index contributed by atoms with van der Waals surface area (Å²) < 4.78 is 1.60. The number of anilines is 1. The maximum Gasteiger partial charge on any atom is 0.293 e. The van der Waals surface area contributed by atoms with Crippen LogP contribution in [0.1, 0.15) is 42.4 Å². The molecule has 1 aromatic heterocycles. The first-order valence-corrected chi connectivity index (χ1v) is 8.04. The second-order valence-corrected chi connectivity index (χ2v) is 6.30. The fourth-order valence-corrected chi connectivity index (χ4v) is 2.96. The van der Waals surface area contributed by atoms with Gasteiger partial charge in [-0.15, -0.1) is 0 Å². The highest BCUT2D eigenvalue weighted by Crippen LogP contribution is 2.33. The molecule has 126 valence electrons. The molecule has 7 nitrogen and oxygen atoms in total. The van der Waals surface area contributed by atoms with Crippen LogP contribution in [0.2, 0.25) is 0 Å². The lowest BCUT2D eigenvalue weighted by atomic mass is 9.80. The highest BCUT2D eigenvalue weighted by Gasteiger charge is 2.26. The topological polar surface area (TPSA) is 90.1 Å². The van der Waals surface area contributed by atoms with Gasteiger partial charge < -0.3 is 9.88 Å². The van der Waals surface area contributed by atoms with E-state index in [9.17, 15) is 14.9 Å². The first kappa shape index (κ1) is 16.2. The maximum absolute atomic E-state index is 12.5. The van der Waals surface area contributed by atoms with Gasteiger partial charge in [-0.1, -0.05) is 6.42 Å². The van der Waals surface area contributed by atoms with Crippen LogP contribution >= 0.6 is 0 Å². The highest BCUT2D eigenvalue weighted by molar-refractivity contribution is 6.07. The fraction of sp³-hybridized carbons (Fsp3) is 0.412. The number of aromatic nitrogens is 2. The van der Waals surface area contributed by atoms with Crippen molar-refractivity contribution in [3.63, 3.8) is 0 Å². The Bertz CT molecular complexity index is 780. The van der Waals surface area contributed by atoms with Gasteiger partial charge in [0.1, 0.15) is 5.69 Å². The summed E-state index contributed by atoms with van der Waals surface area (Å²) in [7, 11) is 1.71. The molecule has 0 amide bonds. The molecule has 0 radical (unpaired) electrons. The van der Waals surface area contributed by atoms with Gasteiger partial charge in [-0.05, 0) is 37.8 Å². The molecule has 24 heavy (non-hydrogen) atoms. The van der Waals surface area contributed by atoms with Crippen molar-refractivity contribution in [1.82, 2.24) is 9.55 Å². The average molecular weight is 328 g/mol. The number of nitro benzene ring substituents is 1. The second-order valence-electron chi connectivity index (χ2n) is 6.30. The summed E-state index contributed by atoms with van der Waals surface area (Å²) in [5.41, 5.74) is 0.634. The van der Waals surface area contributed by atoms with Gasteiger partial charge in [0.15, 0.2) is 5.82 Å². The summed E-state index contributed by atoms with van der Waals surface area (Å²) in [6.45, 7) is 2.04. The third-order valence-corrected chi connectivity index (χ3v) is 4.72. The molecule has 1 unspecified atom stereocenters. The van der Waals surface area contributed by atoms with Crippen molar-refractivity contribution in [2.45, 2.75) is 32.2 Å². The van der Waals surface area contributed by atoms with Crippen LogP contribution < -0.4 is 5.32 Å². The molecule has 1 atom stereocenters. The Morgan fingerprint density at radius 1 is 1.46 bits per heavy atom. The molecule has 7 heteroatoms. The Morgan fingerprint density at radius 3 is 2.75 bits per heavy atom. The molecular weight excluding hydrogens is 308 g/mol. The van der Waals surface area contributed by atoms with Gasteiger partial charge in [0.2, 0.25) is 5.78 Å². The minimum atomic E-state index is -0.453. The molecule has 2 aromatic rings. The number of imidazole rings is 1. The van der Waals surface area contributed by atoms with E-state index in [1.165, 1.54) is 18.7 Å². The monoisotopic (exact) mass is 328 g/mol. The Labute approximate surface area is 139 Å². The minimum absolute atomic E-state index is 0.0822. The van der Waals surface area contributed by atoms with Crippen LogP contribution in [0.5, 0.6) is 0 Å². The van der Waals surface area contributed by atoms with E-state index in [1.807, 2.05) is 6.92 Å². The molecule has 1 aromatic carbocycles. The number of rotatable bonds is 6. The van der Waals surface area contributed by atoms with E-state index in [1.54, 1.807) is 29.9 Å². The predicted octanol–water partition coefficient (Wildman–Crippen LogP) is 3.16. The standard InChI is InChI=1S/C17H20N4O3/c1-11(12-4-3-5-12)19-14-7-6-13(10-15(14)21(23)24)16(22)17-18-8-9-20(17)2/h6-12,19H,3-5H2,1-2H3. The molecule has 1 fully saturated rings. The predicted molar refractivity (Wildman–Crippen MR) is 90.2 cm³/mol. The van der Waals surface area contributed by atoms with E-state index in [2.05, 4.69) is 10.3 Å². The van der Waals surface area contributed by atoms with E-state index >= 15 is 0 Å². The average Bonchev–Trinajstić information content (AvgIpc) is 2.91. The van der Waals surface area contributed by atoms with E-state index in [-0.39, 0.29) is 28.9 Å². The first-order chi connectivity index (χ1) is 11.5. The smallest absolute Gasteiger partial charge is 0.293 e. The van der Waals surface area contributed by atoms with E-state index in [4.69, 9.17) is 0 Å². The molecule has 0 saturated heterocycles. The number of nitrogens with zero attached hydrogens (tertiary/aromatic N) is 3. The van der Waals surface area contributed by atoms with Gasteiger partial charge in [0, 0.05) is 37.1 Å². The lowest BCUT2D eigenvalue weighted by molar-refractivity contribution is -0.384. The highest BCUT2D eigenvalue weighted by atomic mass is 16.6. The zero-order chi connectivity index (χ0) is 17.3. The number of carbonyl (C=O) groups is 1. The molecule has 1 aliphatic rings.